The molecule has 2 saturated heterocycles. The molecule has 0 N–H and O–H groups in total. The molecule has 1 aromatic rings. The molecule has 0 saturated carbocycles. The Bertz CT molecular complexity index is 439. The Morgan fingerprint density at radius 2 is 1.80 bits per heavy atom. The van der Waals surface area contributed by atoms with Crippen LogP contribution in [0.15, 0.2) is 24.3 Å². The molecular formula is C17H26N2O. The van der Waals surface area contributed by atoms with Crippen molar-refractivity contribution in [3.8, 4) is 0 Å². The molecule has 0 amide bonds. The minimum absolute atomic E-state index is 0.610. The highest BCUT2D eigenvalue weighted by Crippen LogP contribution is 2.24. The molecule has 3 nitrogen and oxygen atoms in total. The summed E-state index contributed by atoms with van der Waals surface area (Å²) >= 11 is 0. The summed E-state index contributed by atoms with van der Waals surface area (Å²) in [4.78, 5) is 5.13. The summed E-state index contributed by atoms with van der Waals surface area (Å²) in [5, 5.41) is 0. The first-order chi connectivity index (χ1) is 9.65. The van der Waals surface area contributed by atoms with E-state index in [9.17, 15) is 0 Å². The highest BCUT2D eigenvalue weighted by Gasteiger charge is 2.33. The first-order valence-corrected chi connectivity index (χ1v) is 7.83. The van der Waals surface area contributed by atoms with E-state index in [0.29, 0.717) is 18.0 Å². The molecule has 2 aliphatic heterocycles. The van der Waals surface area contributed by atoms with Crippen molar-refractivity contribution in [1.82, 2.24) is 4.90 Å². The third-order valence-electron chi connectivity index (χ3n) is 4.69. The van der Waals surface area contributed by atoms with E-state index >= 15 is 0 Å². The number of hydrogen-bond donors (Lipinski definition) is 0. The first-order valence-electron chi connectivity index (χ1n) is 7.83. The average Bonchev–Trinajstić information content (AvgIpc) is 2.39. The molecule has 3 heteroatoms. The summed E-state index contributed by atoms with van der Waals surface area (Å²) in [6, 6.07) is 10.4. The third-order valence-corrected chi connectivity index (χ3v) is 4.69. The number of nitrogens with zero attached hydrogens (tertiary/aromatic N) is 2. The lowest BCUT2D eigenvalue weighted by Crippen LogP contribution is -2.60. The van der Waals surface area contributed by atoms with Gasteiger partial charge in [-0.15, -0.1) is 0 Å². The molecule has 110 valence electrons. The van der Waals surface area contributed by atoms with Gasteiger partial charge in [0.25, 0.3) is 0 Å². The van der Waals surface area contributed by atoms with Crippen LogP contribution >= 0.6 is 0 Å². The number of rotatable bonds is 3. The van der Waals surface area contributed by atoms with Gasteiger partial charge in [-0.1, -0.05) is 26.0 Å². The Hall–Kier alpha value is -1.06. The van der Waals surface area contributed by atoms with Crippen LogP contribution in [0.25, 0.3) is 0 Å². The van der Waals surface area contributed by atoms with E-state index in [-0.39, 0.29) is 0 Å². The van der Waals surface area contributed by atoms with E-state index in [0.717, 1.165) is 32.8 Å². The summed E-state index contributed by atoms with van der Waals surface area (Å²) in [5.41, 5.74) is 2.79. The topological polar surface area (TPSA) is 15.7 Å². The maximum absolute atomic E-state index is 5.33. The fourth-order valence-corrected chi connectivity index (χ4v) is 3.23. The van der Waals surface area contributed by atoms with E-state index in [1.165, 1.54) is 11.3 Å². The lowest BCUT2D eigenvalue weighted by Gasteiger charge is -2.47. The molecular weight excluding hydrogens is 248 g/mol. The van der Waals surface area contributed by atoms with Gasteiger partial charge in [0.05, 0.1) is 19.3 Å². The van der Waals surface area contributed by atoms with Crippen molar-refractivity contribution in [2.24, 2.45) is 0 Å². The summed E-state index contributed by atoms with van der Waals surface area (Å²) in [6.07, 6.45) is 0. The SMILES string of the molecule is CC(C)c1ccc(N2CCN(C3COC3)[C@@H](C)C2)cc1. The zero-order valence-electron chi connectivity index (χ0n) is 12.9. The van der Waals surface area contributed by atoms with Gasteiger partial charge in [0.2, 0.25) is 0 Å². The van der Waals surface area contributed by atoms with Gasteiger partial charge >= 0.3 is 0 Å². The molecule has 2 fully saturated rings. The summed E-state index contributed by atoms with van der Waals surface area (Å²) in [6.45, 7) is 12.1. The smallest absolute Gasteiger partial charge is 0.0645 e. The van der Waals surface area contributed by atoms with Gasteiger partial charge in [-0.05, 0) is 30.5 Å². The second kappa shape index (κ2) is 5.74. The van der Waals surface area contributed by atoms with Gasteiger partial charge < -0.3 is 9.64 Å². The molecule has 0 spiro atoms. The predicted molar refractivity (Wildman–Crippen MR) is 83.5 cm³/mol. The monoisotopic (exact) mass is 274 g/mol. The highest BCUT2D eigenvalue weighted by molar-refractivity contribution is 5.48. The lowest BCUT2D eigenvalue weighted by atomic mass is 10.0. The van der Waals surface area contributed by atoms with Crippen LogP contribution in [0.5, 0.6) is 0 Å². The zero-order valence-corrected chi connectivity index (χ0v) is 12.9. The van der Waals surface area contributed by atoms with E-state index < -0.39 is 0 Å². The molecule has 0 radical (unpaired) electrons. The average molecular weight is 274 g/mol. The summed E-state index contributed by atoms with van der Waals surface area (Å²) in [5.74, 6) is 0.610. The van der Waals surface area contributed by atoms with Gasteiger partial charge in [-0.25, -0.2) is 0 Å². The van der Waals surface area contributed by atoms with Crippen LogP contribution in [-0.2, 0) is 4.74 Å². The van der Waals surface area contributed by atoms with Crippen molar-refractivity contribution in [1.29, 1.82) is 0 Å². The highest BCUT2D eigenvalue weighted by atomic mass is 16.5. The Morgan fingerprint density at radius 1 is 1.10 bits per heavy atom. The number of benzene rings is 1. The van der Waals surface area contributed by atoms with Gasteiger partial charge in [-0.2, -0.15) is 0 Å². The van der Waals surface area contributed by atoms with Crippen molar-refractivity contribution >= 4 is 5.69 Å². The molecule has 1 aromatic carbocycles. The molecule has 3 rings (SSSR count). The predicted octanol–water partition coefficient (Wildman–Crippen LogP) is 2.72. The van der Waals surface area contributed by atoms with Gasteiger partial charge in [0, 0.05) is 31.4 Å². The standard InChI is InChI=1S/C17H26N2O/c1-13(2)15-4-6-16(7-5-15)18-8-9-19(14(3)10-18)17-11-20-12-17/h4-7,13-14,17H,8-12H2,1-3H3/t14-/m0/s1. The van der Waals surface area contributed by atoms with Crippen molar-refractivity contribution in [2.45, 2.75) is 38.8 Å². The first kappa shape index (κ1) is 13.9. The Morgan fingerprint density at radius 3 is 2.30 bits per heavy atom. The number of hydrogen-bond acceptors (Lipinski definition) is 3. The van der Waals surface area contributed by atoms with E-state index in [2.05, 4.69) is 54.8 Å². The minimum Gasteiger partial charge on any atom is -0.378 e. The van der Waals surface area contributed by atoms with Gasteiger partial charge in [0.15, 0.2) is 0 Å². The molecule has 2 aliphatic rings. The second-order valence-corrected chi connectivity index (χ2v) is 6.47. The molecule has 2 heterocycles. The fourth-order valence-electron chi connectivity index (χ4n) is 3.23. The van der Waals surface area contributed by atoms with Crippen LogP contribution in [0.4, 0.5) is 5.69 Å². The minimum atomic E-state index is 0.610. The van der Waals surface area contributed by atoms with E-state index in [1.807, 2.05) is 0 Å². The van der Waals surface area contributed by atoms with Gasteiger partial charge in [-0.3, -0.25) is 4.90 Å². The van der Waals surface area contributed by atoms with Crippen LogP contribution in [-0.4, -0.2) is 49.8 Å². The van der Waals surface area contributed by atoms with Crippen LogP contribution in [0.3, 0.4) is 0 Å². The fraction of sp³-hybridized carbons (Fsp3) is 0.647. The van der Waals surface area contributed by atoms with E-state index in [4.69, 9.17) is 4.74 Å². The van der Waals surface area contributed by atoms with E-state index in [1.54, 1.807) is 0 Å². The Labute approximate surface area is 122 Å². The molecule has 0 aromatic heterocycles. The van der Waals surface area contributed by atoms with Crippen LogP contribution in [0.1, 0.15) is 32.3 Å². The maximum atomic E-state index is 5.33. The van der Waals surface area contributed by atoms with Crippen LogP contribution < -0.4 is 4.90 Å². The zero-order chi connectivity index (χ0) is 14.1. The Kier molecular flexibility index (Phi) is 3.99. The third kappa shape index (κ3) is 2.70. The van der Waals surface area contributed by atoms with Crippen LogP contribution in [0.2, 0.25) is 0 Å². The quantitative estimate of drug-likeness (QED) is 0.843. The largest absolute Gasteiger partial charge is 0.378 e. The van der Waals surface area contributed by atoms with Crippen molar-refractivity contribution < 1.29 is 4.74 Å². The van der Waals surface area contributed by atoms with Crippen molar-refractivity contribution in [3.63, 3.8) is 0 Å². The lowest BCUT2D eigenvalue weighted by molar-refractivity contribution is -0.0792. The summed E-state index contributed by atoms with van der Waals surface area (Å²) in [7, 11) is 0. The van der Waals surface area contributed by atoms with Crippen molar-refractivity contribution in [2.75, 3.05) is 37.7 Å². The number of anilines is 1. The maximum Gasteiger partial charge on any atom is 0.0645 e. The molecule has 1 atom stereocenters. The molecule has 0 bridgehead atoms. The molecule has 0 unspecified atom stereocenters. The number of ether oxygens (including phenoxy) is 1. The number of piperazine rings is 1. The van der Waals surface area contributed by atoms with Crippen LogP contribution in [0, 0.1) is 0 Å². The Balaban J connectivity index is 1.64. The van der Waals surface area contributed by atoms with Gasteiger partial charge in [0.1, 0.15) is 0 Å². The second-order valence-electron chi connectivity index (χ2n) is 6.47. The normalized spacial score (nSPS) is 25.0. The molecule has 20 heavy (non-hydrogen) atoms. The van der Waals surface area contributed by atoms with Crippen molar-refractivity contribution in [3.05, 3.63) is 29.8 Å². The summed E-state index contributed by atoms with van der Waals surface area (Å²) < 4.78 is 5.33. The molecule has 0 aliphatic carbocycles.